The molecule has 5 N–H and O–H groups in total. The van der Waals surface area contributed by atoms with Gasteiger partial charge in [0.1, 0.15) is 17.7 Å². The van der Waals surface area contributed by atoms with Gasteiger partial charge in [0, 0.05) is 22.7 Å². The van der Waals surface area contributed by atoms with Gasteiger partial charge in [0.05, 0.1) is 19.3 Å². The van der Waals surface area contributed by atoms with E-state index in [1.807, 2.05) is 0 Å². The topological polar surface area (TPSA) is 132 Å². The molecule has 2 aromatic rings. The monoisotopic (exact) mass is 353 g/mol. The molecule has 0 saturated heterocycles. The minimum absolute atomic E-state index is 0.366. The maximum atomic E-state index is 11.6. The Kier molecular flexibility index (Phi) is 6.51. The molecular weight excluding hydrogens is 330 g/mol. The Bertz CT molecular complexity index is 758. The van der Waals surface area contributed by atoms with Gasteiger partial charge >= 0.3 is 5.63 Å². The van der Waals surface area contributed by atoms with Crippen molar-refractivity contribution in [2.24, 2.45) is 0 Å². The van der Waals surface area contributed by atoms with Crippen LogP contribution in [0.4, 0.5) is 5.69 Å². The summed E-state index contributed by atoms with van der Waals surface area (Å²) >= 11 is 0. The van der Waals surface area contributed by atoms with Crippen molar-refractivity contribution in [1.29, 1.82) is 0 Å². The molecule has 0 saturated carbocycles. The molecule has 1 aromatic carbocycles. The van der Waals surface area contributed by atoms with Gasteiger partial charge in [-0.2, -0.15) is 0 Å². The van der Waals surface area contributed by atoms with Crippen LogP contribution in [0.5, 0.6) is 0 Å². The fourth-order valence-corrected chi connectivity index (χ4v) is 2.31. The summed E-state index contributed by atoms with van der Waals surface area (Å²) in [7, 11) is 0. The van der Waals surface area contributed by atoms with E-state index in [2.05, 4.69) is 5.32 Å². The molecule has 1 heterocycles. The lowest BCUT2D eigenvalue weighted by atomic mass is 10.1. The maximum Gasteiger partial charge on any atom is 0.339 e. The van der Waals surface area contributed by atoms with Gasteiger partial charge in [0.25, 0.3) is 0 Å². The Morgan fingerprint density at radius 2 is 1.92 bits per heavy atom. The second-order valence-electron chi connectivity index (χ2n) is 5.89. The molecule has 2 unspecified atom stereocenters. The quantitative estimate of drug-likeness (QED) is 0.330. The smallest absolute Gasteiger partial charge is 0.339 e. The number of ether oxygens (including phenoxy) is 1. The van der Waals surface area contributed by atoms with E-state index in [-0.39, 0.29) is 0 Å². The standard InChI is InChI=1S/C17H23NO7/c1-9-5-11-3-4-12(6-14(11)24-16(9)22)18-13(7-19)17(23)25-15(8-20)10(2)21/h3-6,10,13,15,17-21,23H,7-8H2,1-2H3/t10-,13-,15?,17?/m0/s1. The van der Waals surface area contributed by atoms with Gasteiger partial charge in [-0.05, 0) is 32.0 Å². The lowest BCUT2D eigenvalue weighted by molar-refractivity contribution is -0.182. The van der Waals surface area contributed by atoms with Crippen LogP contribution in [-0.2, 0) is 4.74 Å². The number of aliphatic hydroxyl groups excluding tert-OH is 4. The molecule has 138 valence electrons. The second kappa shape index (κ2) is 8.41. The lowest BCUT2D eigenvalue weighted by Gasteiger charge is -2.28. The Balaban J connectivity index is 2.16. The van der Waals surface area contributed by atoms with Gasteiger partial charge in [-0.25, -0.2) is 4.79 Å². The summed E-state index contributed by atoms with van der Waals surface area (Å²) in [5.41, 5.74) is 0.927. The second-order valence-corrected chi connectivity index (χ2v) is 5.89. The third-order valence-corrected chi connectivity index (χ3v) is 3.84. The molecule has 8 nitrogen and oxygen atoms in total. The predicted octanol–water partition coefficient (Wildman–Crippen LogP) is -0.0491. The zero-order valence-corrected chi connectivity index (χ0v) is 14.0. The molecule has 0 aliphatic heterocycles. The highest BCUT2D eigenvalue weighted by molar-refractivity contribution is 5.80. The number of benzene rings is 1. The predicted molar refractivity (Wildman–Crippen MR) is 91.4 cm³/mol. The molecule has 0 amide bonds. The minimum Gasteiger partial charge on any atom is -0.422 e. The van der Waals surface area contributed by atoms with Gasteiger partial charge in [0.2, 0.25) is 0 Å². The highest BCUT2D eigenvalue weighted by Crippen LogP contribution is 2.20. The summed E-state index contributed by atoms with van der Waals surface area (Å²) < 4.78 is 10.4. The molecule has 1 aromatic heterocycles. The summed E-state index contributed by atoms with van der Waals surface area (Å²) in [5.74, 6) is 0. The first-order chi connectivity index (χ1) is 11.8. The van der Waals surface area contributed by atoms with Crippen molar-refractivity contribution < 1.29 is 29.6 Å². The molecule has 2 rings (SSSR count). The van der Waals surface area contributed by atoms with Crippen LogP contribution in [0.3, 0.4) is 0 Å². The number of anilines is 1. The van der Waals surface area contributed by atoms with Gasteiger partial charge < -0.3 is 34.9 Å². The summed E-state index contributed by atoms with van der Waals surface area (Å²) in [4.78, 5) is 11.6. The SMILES string of the molecule is Cc1cc2ccc(N[C@@H](CO)C(O)OC(CO)[C@H](C)O)cc2oc1=O. The Morgan fingerprint density at radius 1 is 1.20 bits per heavy atom. The Labute approximate surface area is 144 Å². The van der Waals surface area contributed by atoms with Crippen molar-refractivity contribution in [3.05, 3.63) is 40.2 Å². The summed E-state index contributed by atoms with van der Waals surface area (Å²) in [6.45, 7) is 2.14. The van der Waals surface area contributed by atoms with Crippen molar-refractivity contribution in [3.63, 3.8) is 0 Å². The van der Waals surface area contributed by atoms with Crippen LogP contribution in [0.15, 0.2) is 33.5 Å². The molecule has 0 radical (unpaired) electrons. The highest BCUT2D eigenvalue weighted by atomic mass is 16.6. The van der Waals surface area contributed by atoms with Crippen LogP contribution in [0.2, 0.25) is 0 Å². The first-order valence-electron chi connectivity index (χ1n) is 7.90. The van der Waals surface area contributed by atoms with Crippen molar-refractivity contribution in [3.8, 4) is 0 Å². The number of fused-ring (bicyclic) bond motifs is 1. The number of hydrogen-bond acceptors (Lipinski definition) is 8. The molecule has 4 atom stereocenters. The van der Waals surface area contributed by atoms with Crippen LogP contribution in [0.25, 0.3) is 11.0 Å². The van der Waals surface area contributed by atoms with Gasteiger partial charge in [-0.1, -0.05) is 0 Å². The summed E-state index contributed by atoms with van der Waals surface area (Å²) in [6, 6.07) is 5.81. The van der Waals surface area contributed by atoms with E-state index in [1.54, 1.807) is 31.2 Å². The maximum absolute atomic E-state index is 11.6. The Hall–Kier alpha value is -1.97. The van der Waals surface area contributed by atoms with E-state index in [0.717, 1.165) is 5.39 Å². The number of rotatable bonds is 8. The van der Waals surface area contributed by atoms with Crippen LogP contribution in [0.1, 0.15) is 12.5 Å². The van der Waals surface area contributed by atoms with Crippen LogP contribution >= 0.6 is 0 Å². The average molecular weight is 353 g/mol. The van der Waals surface area contributed by atoms with Gasteiger partial charge in [-0.3, -0.25) is 0 Å². The van der Waals surface area contributed by atoms with E-state index >= 15 is 0 Å². The molecule has 0 bridgehead atoms. The molecule has 0 fully saturated rings. The average Bonchev–Trinajstić information content (AvgIpc) is 2.58. The van der Waals surface area contributed by atoms with Crippen molar-refractivity contribution >= 4 is 16.7 Å². The zero-order valence-electron chi connectivity index (χ0n) is 14.0. The van der Waals surface area contributed by atoms with Crippen molar-refractivity contribution in [2.45, 2.75) is 38.4 Å². The Morgan fingerprint density at radius 3 is 2.52 bits per heavy atom. The fraction of sp³-hybridized carbons (Fsp3) is 0.471. The van der Waals surface area contributed by atoms with E-state index in [0.29, 0.717) is 16.8 Å². The number of hydrogen-bond donors (Lipinski definition) is 5. The van der Waals surface area contributed by atoms with E-state index in [1.165, 1.54) is 6.92 Å². The van der Waals surface area contributed by atoms with Crippen LogP contribution in [0, 0.1) is 6.92 Å². The highest BCUT2D eigenvalue weighted by Gasteiger charge is 2.25. The molecule has 0 aliphatic rings. The number of aryl methyl sites for hydroxylation is 1. The summed E-state index contributed by atoms with van der Waals surface area (Å²) in [5, 5.41) is 41.8. The summed E-state index contributed by atoms with van der Waals surface area (Å²) in [6.07, 6.45) is -3.45. The van der Waals surface area contributed by atoms with E-state index in [4.69, 9.17) is 14.3 Å². The third kappa shape index (κ3) is 4.77. The van der Waals surface area contributed by atoms with Gasteiger partial charge in [-0.15, -0.1) is 0 Å². The van der Waals surface area contributed by atoms with Gasteiger partial charge in [0.15, 0.2) is 6.29 Å². The first-order valence-corrected chi connectivity index (χ1v) is 7.90. The number of aliphatic hydroxyl groups is 4. The fourth-order valence-electron chi connectivity index (χ4n) is 2.31. The normalized spacial score (nSPS) is 16.4. The van der Waals surface area contributed by atoms with Crippen molar-refractivity contribution in [2.75, 3.05) is 18.5 Å². The molecule has 25 heavy (non-hydrogen) atoms. The molecule has 0 aliphatic carbocycles. The van der Waals surface area contributed by atoms with Crippen molar-refractivity contribution in [1.82, 2.24) is 0 Å². The largest absolute Gasteiger partial charge is 0.422 e. The molecular formula is C17H23NO7. The lowest BCUT2D eigenvalue weighted by Crippen LogP contribution is -2.44. The number of nitrogens with one attached hydrogen (secondary N) is 1. The first kappa shape index (κ1) is 19.4. The molecule has 0 spiro atoms. The van der Waals surface area contributed by atoms with Crippen LogP contribution in [-0.4, -0.2) is 58.2 Å². The van der Waals surface area contributed by atoms with E-state index < -0.39 is 43.4 Å². The minimum atomic E-state index is -1.47. The molecule has 8 heteroatoms. The third-order valence-electron chi connectivity index (χ3n) is 3.84. The van der Waals surface area contributed by atoms with E-state index in [9.17, 15) is 20.1 Å². The van der Waals surface area contributed by atoms with Crippen LogP contribution < -0.4 is 10.9 Å². The zero-order chi connectivity index (χ0) is 18.6.